The number of carbonyl (C=O) groups is 1. The van der Waals surface area contributed by atoms with Crippen LogP contribution in [0, 0.1) is 5.92 Å². The Morgan fingerprint density at radius 3 is 2.44 bits per heavy atom. The minimum atomic E-state index is 0.138. The van der Waals surface area contributed by atoms with E-state index in [0.29, 0.717) is 5.92 Å². The van der Waals surface area contributed by atoms with Crippen molar-refractivity contribution < 1.29 is 4.79 Å². The van der Waals surface area contributed by atoms with Gasteiger partial charge in [-0.1, -0.05) is 51.5 Å². The summed E-state index contributed by atoms with van der Waals surface area (Å²) >= 11 is 0. The zero-order chi connectivity index (χ0) is 13.5. The van der Waals surface area contributed by atoms with Crippen molar-refractivity contribution in [3.63, 3.8) is 0 Å². The van der Waals surface area contributed by atoms with Crippen molar-refractivity contribution in [1.82, 2.24) is 0 Å². The number of hydrogen-bond acceptors (Lipinski definition) is 1. The molecule has 0 bridgehead atoms. The monoisotopic (exact) mass is 244 g/mol. The first-order valence-electron chi connectivity index (χ1n) is 6.89. The van der Waals surface area contributed by atoms with E-state index in [1.165, 1.54) is 11.1 Å². The van der Waals surface area contributed by atoms with Crippen LogP contribution in [-0.2, 0) is 6.42 Å². The summed E-state index contributed by atoms with van der Waals surface area (Å²) in [6.45, 7) is 8.58. The van der Waals surface area contributed by atoms with Gasteiger partial charge in [-0.3, -0.25) is 4.79 Å². The smallest absolute Gasteiger partial charge is 0.185 e. The molecule has 18 heavy (non-hydrogen) atoms. The van der Waals surface area contributed by atoms with Gasteiger partial charge in [-0.2, -0.15) is 0 Å². The van der Waals surface area contributed by atoms with E-state index in [2.05, 4.69) is 33.8 Å². The van der Waals surface area contributed by atoms with Crippen molar-refractivity contribution in [3.05, 3.63) is 47.0 Å². The molecular formula is C17H24O. The minimum absolute atomic E-state index is 0.138. The van der Waals surface area contributed by atoms with E-state index >= 15 is 0 Å². The molecular weight excluding hydrogens is 220 g/mol. The second kappa shape index (κ2) is 7.15. The van der Waals surface area contributed by atoms with E-state index in [9.17, 15) is 4.79 Å². The van der Waals surface area contributed by atoms with Crippen LogP contribution >= 0.6 is 0 Å². The number of carbonyl (C=O) groups excluding carboxylic acids is 1. The van der Waals surface area contributed by atoms with E-state index < -0.39 is 0 Å². The Hall–Kier alpha value is -1.37. The van der Waals surface area contributed by atoms with Crippen LogP contribution in [0.1, 0.15) is 56.5 Å². The van der Waals surface area contributed by atoms with Crippen molar-refractivity contribution in [3.8, 4) is 0 Å². The summed E-state index contributed by atoms with van der Waals surface area (Å²) in [5.74, 6) is 0.757. The molecule has 0 N–H and O–H groups in total. The second-order valence-corrected chi connectivity index (χ2v) is 5.17. The predicted molar refractivity (Wildman–Crippen MR) is 78.0 cm³/mol. The highest BCUT2D eigenvalue weighted by molar-refractivity contribution is 6.05. The largest absolute Gasteiger partial charge is 0.289 e. The molecule has 0 unspecified atom stereocenters. The zero-order valence-corrected chi connectivity index (χ0v) is 12.0. The molecule has 0 aliphatic rings. The SMILES string of the molecule is CCC(=CC(=O)c1cccc(CC(C)C)c1)CC. The second-order valence-electron chi connectivity index (χ2n) is 5.17. The maximum Gasteiger partial charge on any atom is 0.185 e. The van der Waals surface area contributed by atoms with Crippen LogP contribution < -0.4 is 0 Å². The van der Waals surface area contributed by atoms with Crippen LogP contribution in [0.3, 0.4) is 0 Å². The first kappa shape index (κ1) is 14.7. The Morgan fingerprint density at radius 1 is 1.22 bits per heavy atom. The van der Waals surface area contributed by atoms with Crippen molar-refractivity contribution >= 4 is 5.78 Å². The van der Waals surface area contributed by atoms with Gasteiger partial charge < -0.3 is 0 Å². The third-order valence-electron chi connectivity index (χ3n) is 3.10. The number of ketones is 1. The van der Waals surface area contributed by atoms with Crippen molar-refractivity contribution in [1.29, 1.82) is 0 Å². The Morgan fingerprint density at radius 2 is 1.89 bits per heavy atom. The molecule has 0 aliphatic heterocycles. The standard InChI is InChI=1S/C17H24O/c1-5-14(6-2)12-17(18)16-9-7-8-15(11-16)10-13(3)4/h7-9,11-13H,5-6,10H2,1-4H3. The summed E-state index contributed by atoms with van der Waals surface area (Å²) in [5, 5.41) is 0. The Labute approximate surface area is 111 Å². The molecule has 0 spiro atoms. The number of allylic oxidation sites excluding steroid dienone is 2. The molecule has 98 valence electrons. The van der Waals surface area contributed by atoms with Crippen molar-refractivity contribution in [2.75, 3.05) is 0 Å². The third kappa shape index (κ3) is 4.48. The summed E-state index contributed by atoms with van der Waals surface area (Å²) in [4.78, 5) is 12.1. The fourth-order valence-electron chi connectivity index (χ4n) is 2.05. The molecule has 1 aromatic carbocycles. The highest BCUT2D eigenvalue weighted by Gasteiger charge is 2.05. The van der Waals surface area contributed by atoms with Gasteiger partial charge in [-0.05, 0) is 42.9 Å². The summed E-state index contributed by atoms with van der Waals surface area (Å²) in [6, 6.07) is 8.02. The fraction of sp³-hybridized carbons (Fsp3) is 0.471. The molecule has 0 saturated carbocycles. The summed E-state index contributed by atoms with van der Waals surface area (Å²) in [6.07, 6.45) is 4.73. The van der Waals surface area contributed by atoms with Crippen LogP contribution in [0.4, 0.5) is 0 Å². The molecule has 0 amide bonds. The maximum atomic E-state index is 12.1. The zero-order valence-electron chi connectivity index (χ0n) is 12.0. The lowest BCUT2D eigenvalue weighted by Gasteiger charge is -2.06. The van der Waals surface area contributed by atoms with Crippen LogP contribution in [0.25, 0.3) is 0 Å². The molecule has 0 atom stereocenters. The summed E-state index contributed by atoms with van der Waals surface area (Å²) < 4.78 is 0. The molecule has 0 aliphatic carbocycles. The van der Waals surface area contributed by atoms with Gasteiger partial charge in [0, 0.05) is 5.56 Å². The van der Waals surface area contributed by atoms with Crippen LogP contribution in [0.5, 0.6) is 0 Å². The molecule has 0 fully saturated rings. The van der Waals surface area contributed by atoms with Crippen molar-refractivity contribution in [2.45, 2.75) is 47.0 Å². The lowest BCUT2D eigenvalue weighted by Crippen LogP contribution is -2.00. The molecule has 0 aromatic heterocycles. The molecule has 0 radical (unpaired) electrons. The number of rotatable bonds is 6. The van der Waals surface area contributed by atoms with Gasteiger partial charge in [0.05, 0.1) is 0 Å². The highest BCUT2D eigenvalue weighted by atomic mass is 16.1. The summed E-state index contributed by atoms with van der Waals surface area (Å²) in [5.41, 5.74) is 3.28. The first-order chi connectivity index (χ1) is 8.56. The normalized spacial score (nSPS) is 10.5. The van der Waals surface area contributed by atoms with Gasteiger partial charge in [0.15, 0.2) is 5.78 Å². The van der Waals surface area contributed by atoms with Gasteiger partial charge >= 0.3 is 0 Å². The van der Waals surface area contributed by atoms with E-state index in [-0.39, 0.29) is 5.78 Å². The van der Waals surface area contributed by atoms with Crippen LogP contribution in [0.15, 0.2) is 35.9 Å². The quantitative estimate of drug-likeness (QED) is 0.518. The van der Waals surface area contributed by atoms with Crippen LogP contribution in [0.2, 0.25) is 0 Å². The van der Waals surface area contributed by atoms with Gasteiger partial charge in [0.25, 0.3) is 0 Å². The highest BCUT2D eigenvalue weighted by Crippen LogP contribution is 2.13. The predicted octanol–water partition coefficient (Wildman–Crippen LogP) is 4.81. The average molecular weight is 244 g/mol. The molecule has 1 rings (SSSR count). The van der Waals surface area contributed by atoms with E-state index in [0.717, 1.165) is 24.8 Å². The topological polar surface area (TPSA) is 17.1 Å². The first-order valence-corrected chi connectivity index (χ1v) is 6.89. The Balaban J connectivity index is 2.89. The Bertz CT molecular complexity index is 421. The van der Waals surface area contributed by atoms with Gasteiger partial charge in [0.1, 0.15) is 0 Å². The number of hydrogen-bond donors (Lipinski definition) is 0. The van der Waals surface area contributed by atoms with Gasteiger partial charge in [-0.25, -0.2) is 0 Å². The maximum absolute atomic E-state index is 12.1. The molecule has 0 heterocycles. The van der Waals surface area contributed by atoms with Gasteiger partial charge in [0.2, 0.25) is 0 Å². The molecule has 0 saturated heterocycles. The average Bonchev–Trinajstić information content (AvgIpc) is 2.35. The minimum Gasteiger partial charge on any atom is -0.289 e. The third-order valence-corrected chi connectivity index (χ3v) is 3.10. The summed E-state index contributed by atoms with van der Waals surface area (Å²) in [7, 11) is 0. The van der Waals surface area contributed by atoms with Crippen LogP contribution in [-0.4, -0.2) is 5.78 Å². The molecule has 1 nitrogen and oxygen atoms in total. The van der Waals surface area contributed by atoms with E-state index in [1.54, 1.807) is 6.08 Å². The molecule has 1 heteroatoms. The fourth-order valence-corrected chi connectivity index (χ4v) is 2.05. The lowest BCUT2D eigenvalue weighted by molar-refractivity contribution is 0.104. The van der Waals surface area contributed by atoms with Gasteiger partial charge in [-0.15, -0.1) is 0 Å². The Kier molecular flexibility index (Phi) is 5.84. The van der Waals surface area contributed by atoms with E-state index in [1.807, 2.05) is 18.2 Å². The van der Waals surface area contributed by atoms with Crippen molar-refractivity contribution in [2.24, 2.45) is 5.92 Å². The van der Waals surface area contributed by atoms with E-state index in [4.69, 9.17) is 0 Å². The lowest BCUT2D eigenvalue weighted by atomic mass is 9.98. The number of benzene rings is 1. The molecule has 1 aromatic rings.